The van der Waals surface area contributed by atoms with Gasteiger partial charge in [0.25, 0.3) is 5.91 Å². The summed E-state index contributed by atoms with van der Waals surface area (Å²) in [6.07, 6.45) is -0.761. The van der Waals surface area contributed by atoms with Crippen molar-refractivity contribution in [1.29, 1.82) is 0 Å². The molecule has 0 bridgehead atoms. The second-order valence-electron chi connectivity index (χ2n) is 11.4. The van der Waals surface area contributed by atoms with E-state index in [2.05, 4.69) is 10.9 Å². The molecule has 1 aliphatic rings. The number of nitrogens with one attached hydrogen (secondary N) is 2. The first-order chi connectivity index (χ1) is 24.2. The fourth-order valence-electron chi connectivity index (χ4n) is 5.63. The number of rotatable bonds is 17. The Morgan fingerprint density at radius 2 is 1.66 bits per heavy atom. The molecule has 0 unspecified atom stereocenters. The SMILES string of the molecule is COc1cccc([C@@H]2OC(c3ccc(OCCCO)cc3)=N[C@]2(CCS(=O)(=O)c2ccccc2)C(=O)NNCc2cccc(OC)c2OC)c1. The van der Waals surface area contributed by atoms with Gasteiger partial charge in [0, 0.05) is 37.1 Å². The monoisotopic (exact) mass is 703 g/mol. The van der Waals surface area contributed by atoms with E-state index >= 15 is 0 Å². The Bertz CT molecular complexity index is 1890. The van der Waals surface area contributed by atoms with Gasteiger partial charge in [0.15, 0.2) is 33.0 Å². The average Bonchev–Trinajstić information content (AvgIpc) is 3.55. The molecular formula is C37H41N3O9S. The maximum absolute atomic E-state index is 14.5. The highest BCUT2D eigenvalue weighted by molar-refractivity contribution is 7.91. The molecule has 5 rings (SSSR count). The van der Waals surface area contributed by atoms with Crippen LogP contribution in [0.15, 0.2) is 107 Å². The van der Waals surface area contributed by atoms with Gasteiger partial charge in [-0.15, -0.1) is 0 Å². The number of ether oxygens (including phenoxy) is 5. The third kappa shape index (κ3) is 8.19. The van der Waals surface area contributed by atoms with Gasteiger partial charge in [0.2, 0.25) is 5.90 Å². The summed E-state index contributed by atoms with van der Waals surface area (Å²) in [5.74, 6) is 1.30. The van der Waals surface area contributed by atoms with E-state index in [-0.39, 0.29) is 30.4 Å². The van der Waals surface area contributed by atoms with Crippen LogP contribution in [-0.4, -0.2) is 71.2 Å². The molecule has 12 nitrogen and oxygen atoms in total. The molecule has 0 aliphatic carbocycles. The number of aliphatic hydroxyl groups is 1. The molecule has 0 aromatic heterocycles. The minimum atomic E-state index is -3.83. The summed E-state index contributed by atoms with van der Waals surface area (Å²) < 4.78 is 55.8. The highest BCUT2D eigenvalue weighted by Crippen LogP contribution is 2.44. The standard InChI is InChI=1S/C37H41N3O9S/c1-45-30-12-7-10-27(24-30)34-37(20-23-50(43,44)31-13-5-4-6-14-31,36(42)40-38-25-28-11-8-15-32(46-2)33(28)47-3)39-35(49-34)26-16-18-29(19-17-26)48-22-9-21-41/h4-8,10-19,24,34,38,41H,9,20-23,25H2,1-3H3,(H,40,42)/t34-,37-/m0/s1. The number of carbonyl (C=O) groups is 1. The Morgan fingerprint density at radius 1 is 0.900 bits per heavy atom. The number of sulfone groups is 1. The van der Waals surface area contributed by atoms with E-state index in [1.54, 1.807) is 78.9 Å². The molecule has 0 saturated heterocycles. The zero-order valence-electron chi connectivity index (χ0n) is 28.1. The number of nitrogens with zero attached hydrogens (tertiary/aromatic N) is 1. The molecule has 4 aromatic carbocycles. The first kappa shape index (κ1) is 36.2. The number of carbonyl (C=O) groups excluding carboxylic acids is 1. The lowest BCUT2D eigenvalue weighted by Crippen LogP contribution is -2.53. The maximum atomic E-state index is 14.5. The smallest absolute Gasteiger partial charge is 0.266 e. The van der Waals surface area contributed by atoms with Crippen LogP contribution >= 0.6 is 0 Å². The summed E-state index contributed by atoms with van der Waals surface area (Å²) >= 11 is 0. The first-order valence-electron chi connectivity index (χ1n) is 16.0. The van der Waals surface area contributed by atoms with Crippen LogP contribution in [0.25, 0.3) is 0 Å². The van der Waals surface area contributed by atoms with Gasteiger partial charge in [-0.05, 0) is 60.2 Å². The van der Waals surface area contributed by atoms with Crippen molar-refractivity contribution in [2.75, 3.05) is 40.3 Å². The predicted octanol–water partition coefficient (Wildman–Crippen LogP) is 4.42. The number of hydrazine groups is 1. The van der Waals surface area contributed by atoms with Crippen LogP contribution in [0.4, 0.5) is 0 Å². The fraction of sp³-hybridized carbons (Fsp3) is 0.297. The van der Waals surface area contributed by atoms with Crippen LogP contribution in [0.2, 0.25) is 0 Å². The lowest BCUT2D eigenvalue weighted by Gasteiger charge is -2.31. The molecule has 4 aromatic rings. The highest BCUT2D eigenvalue weighted by Gasteiger charge is 2.54. The van der Waals surface area contributed by atoms with E-state index in [1.807, 2.05) is 6.07 Å². The molecule has 0 saturated carbocycles. The minimum absolute atomic E-state index is 0.0144. The Morgan fingerprint density at radius 3 is 2.36 bits per heavy atom. The van der Waals surface area contributed by atoms with Crippen LogP contribution in [0.1, 0.15) is 35.6 Å². The molecule has 50 heavy (non-hydrogen) atoms. The normalized spacial score (nSPS) is 17.0. The van der Waals surface area contributed by atoms with Crippen molar-refractivity contribution in [2.24, 2.45) is 4.99 Å². The Kier molecular flexibility index (Phi) is 12.0. The molecule has 1 amide bonds. The first-order valence-corrected chi connectivity index (χ1v) is 17.7. The topological polar surface area (TPSA) is 154 Å². The van der Waals surface area contributed by atoms with Crippen molar-refractivity contribution in [3.8, 4) is 23.0 Å². The summed E-state index contributed by atoms with van der Waals surface area (Å²) in [6, 6.07) is 27.5. The van der Waals surface area contributed by atoms with Gasteiger partial charge in [-0.1, -0.05) is 42.5 Å². The number of aliphatic imine (C=N–C) groups is 1. The third-order valence-electron chi connectivity index (χ3n) is 8.25. The molecule has 1 aliphatic heterocycles. The van der Waals surface area contributed by atoms with E-state index in [4.69, 9.17) is 33.8 Å². The molecular weight excluding hydrogens is 662 g/mol. The van der Waals surface area contributed by atoms with Crippen molar-refractivity contribution < 1.29 is 42.0 Å². The summed E-state index contributed by atoms with van der Waals surface area (Å²) in [7, 11) is 0.767. The van der Waals surface area contributed by atoms with Crippen LogP contribution in [0, 0.1) is 0 Å². The van der Waals surface area contributed by atoms with Gasteiger partial charge in [-0.25, -0.2) is 18.8 Å². The summed E-state index contributed by atoms with van der Waals surface area (Å²) in [4.78, 5) is 19.6. The average molecular weight is 704 g/mol. The van der Waals surface area contributed by atoms with E-state index in [1.165, 1.54) is 33.5 Å². The predicted molar refractivity (Wildman–Crippen MR) is 187 cm³/mol. The number of hydrogen-bond donors (Lipinski definition) is 3. The number of benzene rings is 4. The van der Waals surface area contributed by atoms with Gasteiger partial charge in [-0.2, -0.15) is 0 Å². The summed E-state index contributed by atoms with van der Waals surface area (Å²) in [5, 5.41) is 9.09. The summed E-state index contributed by atoms with van der Waals surface area (Å²) in [5.41, 5.74) is 5.84. The zero-order chi connectivity index (χ0) is 35.6. The molecule has 0 spiro atoms. The zero-order valence-corrected chi connectivity index (χ0v) is 28.9. The van der Waals surface area contributed by atoms with Crippen molar-refractivity contribution >= 4 is 21.6 Å². The van der Waals surface area contributed by atoms with Crippen LogP contribution < -0.4 is 29.8 Å². The molecule has 0 fully saturated rings. The van der Waals surface area contributed by atoms with E-state index in [9.17, 15) is 13.2 Å². The Hall–Kier alpha value is -5.11. The van der Waals surface area contributed by atoms with Gasteiger partial charge >= 0.3 is 0 Å². The highest BCUT2D eigenvalue weighted by atomic mass is 32.2. The van der Waals surface area contributed by atoms with Crippen molar-refractivity contribution in [1.82, 2.24) is 10.9 Å². The number of methoxy groups -OCH3 is 3. The molecule has 0 radical (unpaired) electrons. The fourth-order valence-corrected chi connectivity index (χ4v) is 7.02. The van der Waals surface area contributed by atoms with Crippen LogP contribution in [0.5, 0.6) is 23.0 Å². The maximum Gasteiger partial charge on any atom is 0.266 e. The molecule has 13 heteroatoms. The van der Waals surface area contributed by atoms with Crippen LogP contribution in [0.3, 0.4) is 0 Å². The second kappa shape index (κ2) is 16.5. The van der Waals surface area contributed by atoms with Crippen molar-refractivity contribution in [3.05, 3.63) is 114 Å². The number of hydrogen-bond acceptors (Lipinski definition) is 11. The molecule has 3 N–H and O–H groups in total. The minimum Gasteiger partial charge on any atom is -0.497 e. The van der Waals surface area contributed by atoms with Gasteiger partial charge in [0.1, 0.15) is 11.5 Å². The van der Waals surface area contributed by atoms with E-state index < -0.39 is 33.1 Å². The van der Waals surface area contributed by atoms with Gasteiger partial charge < -0.3 is 28.8 Å². The largest absolute Gasteiger partial charge is 0.497 e. The van der Waals surface area contributed by atoms with Gasteiger partial charge in [0.05, 0.1) is 38.6 Å². The molecule has 1 heterocycles. The Balaban J connectivity index is 1.53. The van der Waals surface area contributed by atoms with E-state index in [0.717, 1.165) is 0 Å². The van der Waals surface area contributed by atoms with Crippen LogP contribution in [-0.2, 0) is 25.9 Å². The third-order valence-corrected chi connectivity index (χ3v) is 9.98. The van der Waals surface area contributed by atoms with E-state index in [0.29, 0.717) is 52.7 Å². The Labute approximate surface area is 291 Å². The number of para-hydroxylation sites is 1. The number of amides is 1. The lowest BCUT2D eigenvalue weighted by molar-refractivity contribution is -0.130. The lowest BCUT2D eigenvalue weighted by atomic mass is 9.85. The van der Waals surface area contributed by atoms with Gasteiger partial charge in [-0.3, -0.25) is 10.2 Å². The summed E-state index contributed by atoms with van der Waals surface area (Å²) in [6.45, 7) is 0.517. The van der Waals surface area contributed by atoms with Crippen molar-refractivity contribution in [2.45, 2.75) is 35.9 Å². The second-order valence-corrected chi connectivity index (χ2v) is 13.5. The van der Waals surface area contributed by atoms with Crippen molar-refractivity contribution in [3.63, 3.8) is 0 Å². The molecule has 2 atom stereocenters. The quantitative estimate of drug-likeness (QED) is 0.106. The molecule has 264 valence electrons. The number of aliphatic hydroxyl groups excluding tert-OH is 1.